The van der Waals surface area contributed by atoms with Crippen molar-refractivity contribution in [1.82, 2.24) is 4.90 Å². The number of amides is 1. The van der Waals surface area contributed by atoms with E-state index in [1.54, 1.807) is 0 Å². The molecule has 1 saturated heterocycles. The monoisotopic (exact) mass is 366 g/mol. The Kier molecular flexibility index (Phi) is 4.98. The smallest absolute Gasteiger partial charge is 0.267 e. The minimum Gasteiger partial charge on any atom is -0.462 e. The molecule has 0 N–H and O–H groups in total. The number of hydrogen-bond donors (Lipinski definition) is 0. The zero-order valence-electron chi connectivity index (χ0n) is 14.9. The van der Waals surface area contributed by atoms with E-state index >= 15 is 0 Å². The lowest BCUT2D eigenvalue weighted by Crippen LogP contribution is -2.40. The zero-order chi connectivity index (χ0) is 17.9. The van der Waals surface area contributed by atoms with Gasteiger partial charge in [0, 0.05) is 12.1 Å². The van der Waals surface area contributed by atoms with E-state index in [1.807, 2.05) is 60.4 Å². The molecule has 2 fully saturated rings. The van der Waals surface area contributed by atoms with Crippen LogP contribution in [-0.4, -0.2) is 22.0 Å². The van der Waals surface area contributed by atoms with Crippen LogP contribution < -0.4 is 0 Å². The highest BCUT2D eigenvalue weighted by molar-refractivity contribution is 8.18. The first kappa shape index (κ1) is 17.2. The molecule has 1 aliphatic carbocycles. The summed E-state index contributed by atoms with van der Waals surface area (Å²) in [6.07, 6.45) is 7.54. The summed E-state index contributed by atoms with van der Waals surface area (Å²) in [5, 5.41) is 0.780. The number of rotatable bonds is 3. The predicted octanol–water partition coefficient (Wildman–Crippen LogP) is 5.52. The molecule has 4 rings (SSSR count). The van der Waals surface area contributed by atoms with Crippen molar-refractivity contribution in [1.29, 1.82) is 0 Å². The molecule has 0 bridgehead atoms. The maximum atomic E-state index is 13.1. The second kappa shape index (κ2) is 7.54. The lowest BCUT2D eigenvalue weighted by Gasteiger charge is -2.30. The van der Waals surface area contributed by atoms with E-state index in [1.165, 1.54) is 31.0 Å². The molecule has 134 valence electrons. The Morgan fingerprint density at radius 2 is 1.88 bits per heavy atom. The fraction of sp³-hybridized carbons (Fsp3) is 0.333. The Hall–Kier alpha value is -2.27. The fourth-order valence-electron chi connectivity index (χ4n) is 3.50. The van der Waals surface area contributed by atoms with Gasteiger partial charge < -0.3 is 4.42 Å². The summed E-state index contributed by atoms with van der Waals surface area (Å²) >= 11 is 1.45. The van der Waals surface area contributed by atoms with Crippen LogP contribution in [0.3, 0.4) is 0 Å². The summed E-state index contributed by atoms with van der Waals surface area (Å²) in [6, 6.07) is 13.9. The molecule has 1 aromatic carbocycles. The third-order valence-electron chi connectivity index (χ3n) is 4.79. The van der Waals surface area contributed by atoms with Gasteiger partial charge in [0.1, 0.15) is 11.5 Å². The van der Waals surface area contributed by atoms with Crippen LogP contribution in [-0.2, 0) is 4.79 Å². The van der Waals surface area contributed by atoms with Gasteiger partial charge in [0.25, 0.3) is 5.91 Å². The summed E-state index contributed by atoms with van der Waals surface area (Å²) in [5.74, 6) is 1.60. The van der Waals surface area contributed by atoms with E-state index in [0.717, 1.165) is 29.5 Å². The number of hydrogen-bond acceptors (Lipinski definition) is 4. The van der Waals surface area contributed by atoms with Gasteiger partial charge in [-0.15, -0.1) is 0 Å². The van der Waals surface area contributed by atoms with Gasteiger partial charge in [-0.25, -0.2) is 4.99 Å². The van der Waals surface area contributed by atoms with E-state index in [4.69, 9.17) is 9.41 Å². The Balaban J connectivity index is 1.69. The van der Waals surface area contributed by atoms with Gasteiger partial charge in [-0.05, 0) is 55.8 Å². The number of amidine groups is 1. The van der Waals surface area contributed by atoms with Crippen LogP contribution in [0.1, 0.15) is 43.6 Å². The zero-order valence-corrected chi connectivity index (χ0v) is 15.7. The van der Waals surface area contributed by atoms with E-state index in [2.05, 4.69) is 0 Å². The van der Waals surface area contributed by atoms with Crippen molar-refractivity contribution >= 4 is 34.6 Å². The molecule has 1 aromatic heterocycles. The molecule has 0 atom stereocenters. The average Bonchev–Trinajstić information content (AvgIpc) is 3.20. The van der Waals surface area contributed by atoms with Crippen LogP contribution in [0.25, 0.3) is 6.08 Å². The van der Waals surface area contributed by atoms with Crippen molar-refractivity contribution in [2.24, 2.45) is 4.99 Å². The highest BCUT2D eigenvalue weighted by atomic mass is 32.2. The van der Waals surface area contributed by atoms with Crippen LogP contribution in [0.5, 0.6) is 0 Å². The van der Waals surface area contributed by atoms with Crippen molar-refractivity contribution in [3.05, 3.63) is 58.9 Å². The molecule has 2 heterocycles. The predicted molar refractivity (Wildman–Crippen MR) is 106 cm³/mol. The van der Waals surface area contributed by atoms with Crippen LogP contribution >= 0.6 is 11.8 Å². The SMILES string of the molecule is Cc1ccc(/C=C2\SC(=Nc3ccccc3)N(C3CCCCC3)C2=O)o1. The number of carbonyl (C=O) groups excluding carboxylic acids is 1. The van der Waals surface area contributed by atoms with Gasteiger partial charge in [0.2, 0.25) is 0 Å². The summed E-state index contributed by atoms with van der Waals surface area (Å²) in [5.41, 5.74) is 0.874. The summed E-state index contributed by atoms with van der Waals surface area (Å²) < 4.78 is 5.63. The Morgan fingerprint density at radius 3 is 2.58 bits per heavy atom. The maximum Gasteiger partial charge on any atom is 0.267 e. The van der Waals surface area contributed by atoms with Crippen LogP contribution in [0.15, 0.2) is 56.8 Å². The number of benzene rings is 1. The molecule has 0 radical (unpaired) electrons. The molecule has 1 saturated carbocycles. The number of nitrogens with zero attached hydrogens (tertiary/aromatic N) is 2. The Bertz CT molecular complexity index is 848. The normalized spacial score (nSPS) is 21.9. The van der Waals surface area contributed by atoms with E-state index in [-0.39, 0.29) is 11.9 Å². The molecule has 1 amide bonds. The lowest BCUT2D eigenvalue weighted by molar-refractivity contribution is -0.124. The van der Waals surface area contributed by atoms with E-state index < -0.39 is 0 Å². The van der Waals surface area contributed by atoms with Crippen molar-refractivity contribution in [3.63, 3.8) is 0 Å². The Morgan fingerprint density at radius 1 is 1.12 bits per heavy atom. The first-order chi connectivity index (χ1) is 12.7. The highest BCUT2D eigenvalue weighted by Crippen LogP contribution is 2.38. The molecule has 26 heavy (non-hydrogen) atoms. The van der Waals surface area contributed by atoms with E-state index in [0.29, 0.717) is 10.7 Å². The molecule has 2 aromatic rings. The van der Waals surface area contributed by atoms with Gasteiger partial charge in [-0.3, -0.25) is 9.69 Å². The summed E-state index contributed by atoms with van der Waals surface area (Å²) in [7, 11) is 0. The number of carbonyl (C=O) groups is 1. The van der Waals surface area contributed by atoms with Gasteiger partial charge in [-0.2, -0.15) is 0 Å². The second-order valence-corrected chi connectivity index (χ2v) is 7.77. The molecule has 4 nitrogen and oxygen atoms in total. The molecular formula is C21H22N2O2S. The second-order valence-electron chi connectivity index (χ2n) is 6.76. The largest absolute Gasteiger partial charge is 0.462 e. The highest BCUT2D eigenvalue weighted by Gasteiger charge is 2.38. The number of thioether (sulfide) groups is 1. The quantitative estimate of drug-likeness (QED) is 0.672. The number of furan rings is 1. The number of para-hydroxylation sites is 1. The van der Waals surface area contributed by atoms with Crippen molar-refractivity contribution in [2.75, 3.05) is 0 Å². The summed E-state index contributed by atoms with van der Waals surface area (Å²) in [4.78, 5) is 20.5. The van der Waals surface area contributed by atoms with Crippen LogP contribution in [0.4, 0.5) is 5.69 Å². The van der Waals surface area contributed by atoms with Crippen LogP contribution in [0.2, 0.25) is 0 Å². The summed E-state index contributed by atoms with van der Waals surface area (Å²) in [6.45, 7) is 1.91. The Labute approximate surface area is 158 Å². The fourth-order valence-corrected chi connectivity index (χ4v) is 4.54. The van der Waals surface area contributed by atoms with Gasteiger partial charge in [-0.1, -0.05) is 37.5 Å². The number of aryl methyl sites for hydroxylation is 1. The minimum atomic E-state index is 0.0469. The van der Waals surface area contributed by atoms with Gasteiger partial charge >= 0.3 is 0 Å². The van der Waals surface area contributed by atoms with Gasteiger partial charge in [0.15, 0.2) is 5.17 Å². The third-order valence-corrected chi connectivity index (χ3v) is 5.78. The van der Waals surface area contributed by atoms with E-state index in [9.17, 15) is 4.79 Å². The minimum absolute atomic E-state index is 0.0469. The topological polar surface area (TPSA) is 45.8 Å². The molecule has 1 aliphatic heterocycles. The van der Waals surface area contributed by atoms with Crippen molar-refractivity contribution in [3.8, 4) is 0 Å². The molecular weight excluding hydrogens is 344 g/mol. The maximum absolute atomic E-state index is 13.1. The third kappa shape index (κ3) is 3.63. The molecule has 0 unspecified atom stereocenters. The molecule has 0 spiro atoms. The number of aliphatic imine (C=N–C) groups is 1. The van der Waals surface area contributed by atoms with Gasteiger partial charge in [0.05, 0.1) is 10.6 Å². The molecule has 2 aliphatic rings. The lowest BCUT2D eigenvalue weighted by atomic mass is 9.94. The standard InChI is InChI=1S/C21H22N2O2S/c1-15-12-13-18(25-15)14-19-20(24)23(17-10-6-3-7-11-17)21(26-19)22-16-8-4-2-5-9-16/h2,4-5,8-9,12-14,17H,3,6-7,10-11H2,1H3/b19-14-,22-21?. The average molecular weight is 366 g/mol. The first-order valence-electron chi connectivity index (χ1n) is 9.14. The molecule has 5 heteroatoms. The van der Waals surface area contributed by atoms with Crippen LogP contribution in [0, 0.1) is 6.92 Å². The first-order valence-corrected chi connectivity index (χ1v) is 9.95. The van der Waals surface area contributed by atoms with Crippen molar-refractivity contribution in [2.45, 2.75) is 45.1 Å². The van der Waals surface area contributed by atoms with Crippen molar-refractivity contribution < 1.29 is 9.21 Å².